The molecular weight excluding hydrogens is 270 g/mol. The number of benzene rings is 3. The van der Waals surface area contributed by atoms with E-state index in [2.05, 4.69) is 35.6 Å². The number of hydrogen-bond donors (Lipinski definition) is 1. The quantitative estimate of drug-likeness (QED) is 0.747. The lowest BCUT2D eigenvalue weighted by Gasteiger charge is -2.15. The standard InChI is InChI=1S/C20H19NO/c1-14-7-9-17(10-8-14)20(22)21-15(2)18-12-11-16-5-3-4-6-19(16)13-18/h3-13,15H,1-2H3,(H,21,22)/t15-/m1/s1. The Morgan fingerprint density at radius 2 is 1.59 bits per heavy atom. The monoisotopic (exact) mass is 289 g/mol. The normalized spacial score (nSPS) is 12.1. The lowest BCUT2D eigenvalue weighted by molar-refractivity contribution is 0.0940. The number of hydrogen-bond acceptors (Lipinski definition) is 1. The maximum absolute atomic E-state index is 12.3. The average molecular weight is 289 g/mol. The molecule has 2 nitrogen and oxygen atoms in total. The van der Waals surface area contributed by atoms with E-state index in [4.69, 9.17) is 0 Å². The Kier molecular flexibility index (Phi) is 3.92. The van der Waals surface area contributed by atoms with Crippen molar-refractivity contribution in [2.24, 2.45) is 0 Å². The van der Waals surface area contributed by atoms with Crippen molar-refractivity contribution in [3.63, 3.8) is 0 Å². The van der Waals surface area contributed by atoms with Gasteiger partial charge in [-0.05, 0) is 48.4 Å². The fraction of sp³-hybridized carbons (Fsp3) is 0.150. The van der Waals surface area contributed by atoms with Crippen LogP contribution in [0.4, 0.5) is 0 Å². The second-order valence-electron chi connectivity index (χ2n) is 5.67. The van der Waals surface area contributed by atoms with E-state index in [9.17, 15) is 4.79 Å². The Balaban J connectivity index is 1.79. The first-order valence-corrected chi connectivity index (χ1v) is 7.50. The Bertz CT molecular complexity index is 805. The number of nitrogens with one attached hydrogen (secondary N) is 1. The highest BCUT2D eigenvalue weighted by Crippen LogP contribution is 2.20. The van der Waals surface area contributed by atoms with Crippen LogP contribution in [-0.2, 0) is 0 Å². The summed E-state index contributed by atoms with van der Waals surface area (Å²) in [5, 5.41) is 5.46. The van der Waals surface area contributed by atoms with Crippen molar-refractivity contribution in [2.75, 3.05) is 0 Å². The molecule has 22 heavy (non-hydrogen) atoms. The Hall–Kier alpha value is -2.61. The average Bonchev–Trinajstić information content (AvgIpc) is 2.55. The number of carbonyl (C=O) groups excluding carboxylic acids is 1. The molecule has 3 rings (SSSR count). The molecule has 0 aliphatic heterocycles. The van der Waals surface area contributed by atoms with Crippen LogP contribution in [0.3, 0.4) is 0 Å². The molecule has 0 spiro atoms. The summed E-state index contributed by atoms with van der Waals surface area (Å²) in [5.74, 6) is -0.0411. The van der Waals surface area contributed by atoms with E-state index in [-0.39, 0.29) is 11.9 Å². The molecule has 0 aromatic heterocycles. The summed E-state index contributed by atoms with van der Waals surface area (Å²) in [4.78, 5) is 12.3. The fourth-order valence-electron chi connectivity index (χ4n) is 2.55. The van der Waals surface area contributed by atoms with E-state index in [0.29, 0.717) is 5.56 Å². The highest BCUT2D eigenvalue weighted by molar-refractivity contribution is 5.94. The number of amides is 1. The van der Waals surface area contributed by atoms with Crippen LogP contribution in [0.25, 0.3) is 10.8 Å². The Labute approximate surface area is 130 Å². The second kappa shape index (κ2) is 6.02. The highest BCUT2D eigenvalue weighted by Gasteiger charge is 2.11. The van der Waals surface area contributed by atoms with Crippen LogP contribution in [0, 0.1) is 6.92 Å². The third-order valence-electron chi connectivity index (χ3n) is 3.93. The van der Waals surface area contributed by atoms with E-state index in [0.717, 1.165) is 11.1 Å². The van der Waals surface area contributed by atoms with Gasteiger partial charge in [-0.25, -0.2) is 0 Å². The topological polar surface area (TPSA) is 29.1 Å². The minimum Gasteiger partial charge on any atom is -0.346 e. The molecule has 0 saturated carbocycles. The largest absolute Gasteiger partial charge is 0.346 e. The third-order valence-corrected chi connectivity index (χ3v) is 3.93. The van der Waals surface area contributed by atoms with Crippen LogP contribution in [0.1, 0.15) is 34.5 Å². The summed E-state index contributed by atoms with van der Waals surface area (Å²) in [5.41, 5.74) is 2.96. The maximum atomic E-state index is 12.3. The van der Waals surface area contributed by atoms with E-state index < -0.39 is 0 Å². The van der Waals surface area contributed by atoms with E-state index in [1.165, 1.54) is 10.8 Å². The second-order valence-corrected chi connectivity index (χ2v) is 5.67. The van der Waals surface area contributed by atoms with Crippen LogP contribution in [0.5, 0.6) is 0 Å². The van der Waals surface area contributed by atoms with Gasteiger partial charge in [-0.15, -0.1) is 0 Å². The number of fused-ring (bicyclic) bond motifs is 1. The predicted octanol–water partition coefficient (Wildman–Crippen LogP) is 4.64. The molecule has 0 aliphatic rings. The van der Waals surface area contributed by atoms with Gasteiger partial charge in [0.25, 0.3) is 5.91 Å². The van der Waals surface area contributed by atoms with Crippen molar-refractivity contribution in [1.29, 1.82) is 0 Å². The number of rotatable bonds is 3. The summed E-state index contributed by atoms with van der Waals surface area (Å²) >= 11 is 0. The summed E-state index contributed by atoms with van der Waals surface area (Å²) in [6.07, 6.45) is 0. The lowest BCUT2D eigenvalue weighted by Crippen LogP contribution is -2.26. The van der Waals surface area contributed by atoms with Crippen molar-refractivity contribution in [3.05, 3.63) is 83.4 Å². The molecule has 0 unspecified atom stereocenters. The van der Waals surface area contributed by atoms with Gasteiger partial charge in [0.05, 0.1) is 6.04 Å². The van der Waals surface area contributed by atoms with Gasteiger partial charge in [0.15, 0.2) is 0 Å². The molecule has 3 aromatic rings. The van der Waals surface area contributed by atoms with Crippen LogP contribution < -0.4 is 5.32 Å². The Morgan fingerprint density at radius 1 is 0.909 bits per heavy atom. The highest BCUT2D eigenvalue weighted by atomic mass is 16.1. The van der Waals surface area contributed by atoms with E-state index >= 15 is 0 Å². The molecule has 3 aromatic carbocycles. The number of carbonyl (C=O) groups is 1. The number of aryl methyl sites for hydroxylation is 1. The van der Waals surface area contributed by atoms with Crippen molar-refractivity contribution >= 4 is 16.7 Å². The first kappa shape index (κ1) is 14.3. The fourth-order valence-corrected chi connectivity index (χ4v) is 2.55. The van der Waals surface area contributed by atoms with Gasteiger partial charge in [-0.3, -0.25) is 4.79 Å². The third kappa shape index (κ3) is 3.01. The Morgan fingerprint density at radius 3 is 2.32 bits per heavy atom. The van der Waals surface area contributed by atoms with Gasteiger partial charge < -0.3 is 5.32 Å². The molecule has 0 fully saturated rings. The smallest absolute Gasteiger partial charge is 0.251 e. The summed E-state index contributed by atoms with van der Waals surface area (Å²) < 4.78 is 0. The first-order chi connectivity index (χ1) is 10.6. The van der Waals surface area contributed by atoms with Gasteiger partial charge >= 0.3 is 0 Å². The van der Waals surface area contributed by atoms with Crippen molar-refractivity contribution < 1.29 is 4.79 Å². The summed E-state index contributed by atoms with van der Waals surface area (Å²) in [7, 11) is 0. The predicted molar refractivity (Wildman–Crippen MR) is 91.0 cm³/mol. The molecule has 110 valence electrons. The van der Waals surface area contributed by atoms with Gasteiger partial charge in [-0.1, -0.05) is 54.1 Å². The SMILES string of the molecule is Cc1ccc(C(=O)N[C@H](C)c2ccc3ccccc3c2)cc1. The molecule has 2 heteroatoms. The van der Waals surface area contributed by atoms with E-state index in [1.807, 2.05) is 50.2 Å². The van der Waals surface area contributed by atoms with Crippen molar-refractivity contribution in [2.45, 2.75) is 19.9 Å². The molecular formula is C20H19NO. The zero-order valence-electron chi connectivity index (χ0n) is 12.8. The minimum atomic E-state index is -0.0411. The summed E-state index contributed by atoms with van der Waals surface area (Å²) in [6.45, 7) is 4.02. The lowest BCUT2D eigenvalue weighted by atomic mass is 10.0. The van der Waals surface area contributed by atoms with Gasteiger partial charge in [-0.2, -0.15) is 0 Å². The van der Waals surface area contributed by atoms with Crippen LogP contribution in [0.15, 0.2) is 66.7 Å². The maximum Gasteiger partial charge on any atom is 0.251 e. The zero-order chi connectivity index (χ0) is 15.5. The molecule has 0 aliphatic carbocycles. The molecule has 1 N–H and O–H groups in total. The van der Waals surface area contributed by atoms with Gasteiger partial charge in [0.2, 0.25) is 0 Å². The molecule has 1 atom stereocenters. The van der Waals surface area contributed by atoms with Crippen LogP contribution in [0.2, 0.25) is 0 Å². The zero-order valence-corrected chi connectivity index (χ0v) is 12.8. The van der Waals surface area contributed by atoms with Gasteiger partial charge in [0.1, 0.15) is 0 Å². The molecule has 0 heterocycles. The first-order valence-electron chi connectivity index (χ1n) is 7.50. The molecule has 0 radical (unpaired) electrons. The molecule has 0 saturated heterocycles. The van der Waals surface area contributed by atoms with Crippen LogP contribution >= 0.6 is 0 Å². The summed E-state index contributed by atoms with van der Waals surface area (Å²) in [6, 6.07) is 22.1. The van der Waals surface area contributed by atoms with Crippen molar-refractivity contribution in [3.8, 4) is 0 Å². The molecule has 0 bridgehead atoms. The van der Waals surface area contributed by atoms with Crippen molar-refractivity contribution in [1.82, 2.24) is 5.32 Å². The van der Waals surface area contributed by atoms with Gasteiger partial charge in [0, 0.05) is 5.56 Å². The van der Waals surface area contributed by atoms with E-state index in [1.54, 1.807) is 0 Å². The minimum absolute atomic E-state index is 0.0293. The van der Waals surface area contributed by atoms with Crippen LogP contribution in [-0.4, -0.2) is 5.91 Å². The molecule has 1 amide bonds.